The third-order valence-electron chi connectivity index (χ3n) is 2.98. The fourth-order valence-electron chi connectivity index (χ4n) is 1.93. The van der Waals surface area contributed by atoms with Gasteiger partial charge in [-0.3, -0.25) is 0 Å². The monoisotopic (exact) mass is 230 g/mol. The van der Waals surface area contributed by atoms with Gasteiger partial charge >= 0.3 is 0 Å². The fourth-order valence-corrected chi connectivity index (χ4v) is 1.93. The molecule has 0 saturated carbocycles. The van der Waals surface area contributed by atoms with Gasteiger partial charge in [-0.05, 0) is 39.3 Å². The molecular weight excluding hydrogens is 200 g/mol. The highest BCUT2D eigenvalue weighted by atomic mass is 16.3. The van der Waals surface area contributed by atoms with Crippen LogP contribution in [0.2, 0.25) is 0 Å². The van der Waals surface area contributed by atoms with Gasteiger partial charge in [0.1, 0.15) is 0 Å². The van der Waals surface area contributed by atoms with Crippen molar-refractivity contribution < 1.29 is 5.11 Å². The van der Waals surface area contributed by atoms with Crippen LogP contribution in [0.15, 0.2) is 0 Å². The van der Waals surface area contributed by atoms with E-state index in [0.29, 0.717) is 6.04 Å². The number of hydrogen-bond donors (Lipinski definition) is 2. The summed E-state index contributed by atoms with van der Waals surface area (Å²) in [6.07, 6.45) is 2.32. The zero-order valence-electron chi connectivity index (χ0n) is 11.7. The lowest BCUT2D eigenvalue weighted by atomic mass is 10.0. The first kappa shape index (κ1) is 15.9. The maximum Gasteiger partial charge on any atom is 0.0597 e. The third-order valence-corrected chi connectivity index (χ3v) is 2.98. The minimum atomic E-state index is 0.208. The first-order chi connectivity index (χ1) is 7.51. The quantitative estimate of drug-likeness (QED) is 0.633. The molecule has 0 aromatic rings. The van der Waals surface area contributed by atoms with Gasteiger partial charge in [-0.15, -0.1) is 0 Å². The molecule has 2 unspecified atom stereocenters. The molecule has 3 nitrogen and oxygen atoms in total. The van der Waals surface area contributed by atoms with Gasteiger partial charge in [0.05, 0.1) is 6.61 Å². The highest BCUT2D eigenvalue weighted by Crippen LogP contribution is 2.09. The molecule has 0 aliphatic carbocycles. The SMILES string of the molecule is CCCNC(CO)CN(C)C(C)CC(C)C. The maximum absolute atomic E-state index is 9.28. The van der Waals surface area contributed by atoms with Crippen LogP contribution in [-0.2, 0) is 0 Å². The average Bonchev–Trinajstić information content (AvgIpc) is 2.22. The summed E-state index contributed by atoms with van der Waals surface area (Å²) in [4.78, 5) is 2.34. The minimum absolute atomic E-state index is 0.208. The van der Waals surface area contributed by atoms with Crippen molar-refractivity contribution in [1.82, 2.24) is 10.2 Å². The Morgan fingerprint density at radius 3 is 2.31 bits per heavy atom. The molecule has 0 aromatic heterocycles. The fraction of sp³-hybridized carbons (Fsp3) is 1.00. The van der Waals surface area contributed by atoms with Crippen LogP contribution in [0.1, 0.15) is 40.5 Å². The van der Waals surface area contributed by atoms with Crippen LogP contribution in [0, 0.1) is 5.92 Å². The van der Waals surface area contributed by atoms with Gasteiger partial charge in [0, 0.05) is 18.6 Å². The van der Waals surface area contributed by atoms with Crippen LogP contribution in [0.4, 0.5) is 0 Å². The summed E-state index contributed by atoms with van der Waals surface area (Å²) in [7, 11) is 2.14. The lowest BCUT2D eigenvalue weighted by Gasteiger charge is -2.29. The van der Waals surface area contributed by atoms with Crippen LogP contribution >= 0.6 is 0 Å². The molecule has 0 rings (SSSR count). The number of rotatable bonds is 9. The Kier molecular flexibility index (Phi) is 8.90. The summed E-state index contributed by atoms with van der Waals surface area (Å²) >= 11 is 0. The molecule has 0 aliphatic rings. The number of hydrogen-bond acceptors (Lipinski definition) is 3. The van der Waals surface area contributed by atoms with E-state index >= 15 is 0 Å². The molecule has 0 aromatic carbocycles. The van der Waals surface area contributed by atoms with E-state index in [9.17, 15) is 5.11 Å². The van der Waals surface area contributed by atoms with Crippen molar-refractivity contribution in [3.05, 3.63) is 0 Å². The van der Waals surface area contributed by atoms with Gasteiger partial charge < -0.3 is 15.3 Å². The molecule has 0 radical (unpaired) electrons. The molecule has 0 heterocycles. The van der Waals surface area contributed by atoms with E-state index in [1.165, 1.54) is 6.42 Å². The number of nitrogens with one attached hydrogen (secondary N) is 1. The molecule has 0 aliphatic heterocycles. The first-order valence-corrected chi connectivity index (χ1v) is 6.55. The molecular formula is C13H30N2O. The van der Waals surface area contributed by atoms with E-state index < -0.39 is 0 Å². The van der Waals surface area contributed by atoms with Crippen LogP contribution < -0.4 is 5.32 Å². The van der Waals surface area contributed by atoms with Crippen LogP contribution in [0.3, 0.4) is 0 Å². The lowest BCUT2D eigenvalue weighted by Crippen LogP contribution is -2.45. The summed E-state index contributed by atoms with van der Waals surface area (Å²) in [5.41, 5.74) is 0. The lowest BCUT2D eigenvalue weighted by molar-refractivity contribution is 0.164. The van der Waals surface area contributed by atoms with Crippen LogP contribution in [0.25, 0.3) is 0 Å². The van der Waals surface area contributed by atoms with Crippen LogP contribution in [-0.4, -0.2) is 48.8 Å². The average molecular weight is 230 g/mol. The third kappa shape index (κ3) is 7.20. The van der Waals surface area contributed by atoms with Crippen molar-refractivity contribution in [2.45, 2.75) is 52.6 Å². The predicted molar refractivity (Wildman–Crippen MR) is 70.7 cm³/mol. The molecule has 0 fully saturated rings. The summed E-state index contributed by atoms with van der Waals surface area (Å²) < 4.78 is 0. The van der Waals surface area contributed by atoms with Gasteiger partial charge in [0.2, 0.25) is 0 Å². The number of nitrogens with zero attached hydrogens (tertiary/aromatic N) is 1. The standard InChI is InChI=1S/C13H30N2O/c1-6-7-14-13(10-16)9-15(5)12(4)8-11(2)3/h11-14,16H,6-10H2,1-5H3. The van der Waals surface area contributed by atoms with Gasteiger partial charge in [0.15, 0.2) is 0 Å². The highest BCUT2D eigenvalue weighted by Gasteiger charge is 2.15. The molecule has 2 atom stereocenters. The summed E-state index contributed by atoms with van der Waals surface area (Å²) in [6.45, 7) is 11.0. The normalized spacial score (nSPS) is 15.8. The van der Waals surface area contributed by atoms with Gasteiger partial charge in [-0.2, -0.15) is 0 Å². The van der Waals surface area contributed by atoms with Crippen molar-refractivity contribution in [3.8, 4) is 0 Å². The summed E-state index contributed by atoms with van der Waals surface area (Å²) in [5.74, 6) is 0.730. The Morgan fingerprint density at radius 1 is 1.25 bits per heavy atom. The Bertz CT molecular complexity index is 162. The van der Waals surface area contributed by atoms with Gasteiger partial charge in [0.25, 0.3) is 0 Å². The maximum atomic E-state index is 9.28. The van der Waals surface area contributed by atoms with Crippen molar-refractivity contribution >= 4 is 0 Å². The molecule has 0 bridgehead atoms. The number of likely N-dealkylation sites (N-methyl/N-ethyl adjacent to an activating group) is 1. The second-order valence-electron chi connectivity index (χ2n) is 5.25. The largest absolute Gasteiger partial charge is 0.395 e. The highest BCUT2D eigenvalue weighted by molar-refractivity contribution is 4.73. The number of aliphatic hydroxyl groups is 1. The zero-order valence-corrected chi connectivity index (χ0v) is 11.7. The van der Waals surface area contributed by atoms with Crippen molar-refractivity contribution in [1.29, 1.82) is 0 Å². The molecule has 0 amide bonds. The summed E-state index contributed by atoms with van der Waals surface area (Å²) in [6, 6.07) is 0.789. The van der Waals surface area contributed by atoms with E-state index in [2.05, 4.69) is 45.0 Å². The van der Waals surface area contributed by atoms with Gasteiger partial charge in [-0.25, -0.2) is 0 Å². The van der Waals surface area contributed by atoms with E-state index in [-0.39, 0.29) is 12.6 Å². The van der Waals surface area contributed by atoms with Crippen LogP contribution in [0.5, 0.6) is 0 Å². The Balaban J connectivity index is 3.92. The Morgan fingerprint density at radius 2 is 1.88 bits per heavy atom. The first-order valence-electron chi connectivity index (χ1n) is 6.55. The van der Waals surface area contributed by atoms with E-state index in [0.717, 1.165) is 25.4 Å². The van der Waals surface area contributed by atoms with Gasteiger partial charge in [-0.1, -0.05) is 20.8 Å². The molecule has 3 heteroatoms. The zero-order chi connectivity index (χ0) is 12.6. The van der Waals surface area contributed by atoms with E-state index in [1.807, 2.05) is 0 Å². The summed E-state index contributed by atoms with van der Waals surface area (Å²) in [5, 5.41) is 12.6. The van der Waals surface area contributed by atoms with Crippen molar-refractivity contribution in [3.63, 3.8) is 0 Å². The predicted octanol–water partition coefficient (Wildman–Crippen LogP) is 1.71. The van der Waals surface area contributed by atoms with Crippen molar-refractivity contribution in [2.75, 3.05) is 26.7 Å². The topological polar surface area (TPSA) is 35.5 Å². The minimum Gasteiger partial charge on any atom is -0.395 e. The Hall–Kier alpha value is -0.120. The Labute approximate surface area is 101 Å². The van der Waals surface area contributed by atoms with E-state index in [4.69, 9.17) is 0 Å². The second-order valence-corrected chi connectivity index (χ2v) is 5.25. The smallest absolute Gasteiger partial charge is 0.0597 e. The molecule has 98 valence electrons. The molecule has 0 saturated heterocycles. The van der Waals surface area contributed by atoms with E-state index in [1.54, 1.807) is 0 Å². The van der Waals surface area contributed by atoms with Crippen molar-refractivity contribution in [2.24, 2.45) is 5.92 Å². The second kappa shape index (κ2) is 8.97. The molecule has 0 spiro atoms. The molecule has 16 heavy (non-hydrogen) atoms. The number of aliphatic hydroxyl groups excluding tert-OH is 1. The molecule has 2 N–H and O–H groups in total.